The topological polar surface area (TPSA) is 38.9 Å². The van der Waals surface area contributed by atoms with Crippen LogP contribution in [0.4, 0.5) is 0 Å². The van der Waals surface area contributed by atoms with Gasteiger partial charge in [-0.1, -0.05) is 91.0 Å². The summed E-state index contributed by atoms with van der Waals surface area (Å²) in [5.74, 6) is 0.678. The molecule has 0 aliphatic rings. The first kappa shape index (κ1) is 22.9. The van der Waals surface area contributed by atoms with Gasteiger partial charge in [0.15, 0.2) is 5.82 Å². The Hall–Kier alpha value is -5.06. The fraction of sp³-hybridized carbons (Fsp3) is 0. The number of fused-ring (bicyclic) bond motifs is 4. The van der Waals surface area contributed by atoms with E-state index in [1.165, 1.54) is 15.6 Å². The summed E-state index contributed by atoms with van der Waals surface area (Å²) in [5.41, 5.74) is 7.84. The number of para-hydroxylation sites is 1. The molecule has 40 heavy (non-hydrogen) atoms. The molecule has 0 saturated carbocycles. The van der Waals surface area contributed by atoms with Crippen LogP contribution in [0.3, 0.4) is 0 Å². The van der Waals surface area contributed by atoms with Crippen molar-refractivity contribution >= 4 is 43.4 Å². The zero-order chi connectivity index (χ0) is 26.5. The van der Waals surface area contributed by atoms with E-state index < -0.39 is 0 Å². The Balaban J connectivity index is 1.32. The minimum absolute atomic E-state index is 0.678. The quantitative estimate of drug-likeness (QED) is 0.227. The molecular weight excluding hydrogens is 508 g/mol. The van der Waals surface area contributed by atoms with E-state index in [9.17, 15) is 0 Å². The third-order valence-electron chi connectivity index (χ3n) is 7.31. The van der Waals surface area contributed by atoms with E-state index in [1.807, 2.05) is 24.3 Å². The Kier molecular flexibility index (Phi) is 5.32. The molecule has 3 nitrogen and oxygen atoms in total. The van der Waals surface area contributed by atoms with Gasteiger partial charge in [0.05, 0.1) is 16.3 Å². The molecule has 4 heteroatoms. The molecule has 0 saturated heterocycles. The fourth-order valence-electron chi connectivity index (χ4n) is 5.31. The van der Waals surface area contributed by atoms with E-state index in [2.05, 4.69) is 109 Å². The monoisotopic (exact) mass is 530 g/mol. The number of rotatable bonds is 4. The van der Waals surface area contributed by atoms with Crippen LogP contribution in [0.2, 0.25) is 0 Å². The summed E-state index contributed by atoms with van der Waals surface area (Å²) in [6.07, 6.45) is 0. The standard InChI is InChI=1S/C36H22N2OS/c1-2-9-23(10-3-1)24-12-8-13-25(19-24)30-22-31(35-21-26-11-4-7-16-34(26)40-35)38-36(37-30)27-17-18-29-28-14-5-6-15-32(28)39-33(29)20-27/h1-22H. The normalized spacial score (nSPS) is 11.5. The Morgan fingerprint density at radius 2 is 1.23 bits per heavy atom. The third kappa shape index (κ3) is 3.98. The lowest BCUT2D eigenvalue weighted by molar-refractivity contribution is 0.669. The summed E-state index contributed by atoms with van der Waals surface area (Å²) in [6, 6.07) is 46.2. The predicted molar refractivity (Wildman–Crippen MR) is 166 cm³/mol. The summed E-state index contributed by atoms with van der Waals surface area (Å²) in [7, 11) is 0. The number of hydrogen-bond acceptors (Lipinski definition) is 4. The lowest BCUT2D eigenvalue weighted by atomic mass is 10.0. The van der Waals surface area contributed by atoms with Gasteiger partial charge in [0.2, 0.25) is 0 Å². The fourth-order valence-corrected chi connectivity index (χ4v) is 6.34. The Bertz CT molecular complexity index is 2140. The molecule has 8 aromatic rings. The molecule has 0 amide bonds. The first-order valence-electron chi connectivity index (χ1n) is 13.2. The smallest absolute Gasteiger partial charge is 0.160 e. The molecule has 0 aliphatic carbocycles. The van der Waals surface area contributed by atoms with Gasteiger partial charge in [0, 0.05) is 26.6 Å². The Labute approximate surface area is 235 Å². The van der Waals surface area contributed by atoms with Crippen LogP contribution in [0.5, 0.6) is 0 Å². The maximum Gasteiger partial charge on any atom is 0.160 e. The van der Waals surface area contributed by atoms with E-state index >= 15 is 0 Å². The molecular formula is C36H22N2OS. The number of benzene rings is 5. The van der Waals surface area contributed by atoms with Crippen LogP contribution in [0.1, 0.15) is 0 Å². The SMILES string of the molecule is c1ccc(-c2cccc(-c3cc(-c4cc5ccccc5s4)nc(-c4ccc5c(c4)oc4ccccc45)n3)c2)cc1. The lowest BCUT2D eigenvalue weighted by Crippen LogP contribution is -1.95. The Morgan fingerprint density at radius 3 is 2.15 bits per heavy atom. The average Bonchev–Trinajstić information content (AvgIpc) is 3.63. The zero-order valence-electron chi connectivity index (χ0n) is 21.4. The van der Waals surface area contributed by atoms with Gasteiger partial charge in [-0.2, -0.15) is 0 Å². The van der Waals surface area contributed by atoms with Gasteiger partial charge in [0.25, 0.3) is 0 Å². The van der Waals surface area contributed by atoms with Crippen LogP contribution < -0.4 is 0 Å². The van der Waals surface area contributed by atoms with Crippen molar-refractivity contribution in [3.8, 4) is 44.3 Å². The van der Waals surface area contributed by atoms with E-state index in [-0.39, 0.29) is 0 Å². The molecule has 0 bridgehead atoms. The largest absolute Gasteiger partial charge is 0.456 e. The van der Waals surface area contributed by atoms with Crippen molar-refractivity contribution in [2.75, 3.05) is 0 Å². The van der Waals surface area contributed by atoms with Crippen molar-refractivity contribution in [3.05, 3.63) is 133 Å². The summed E-state index contributed by atoms with van der Waals surface area (Å²) < 4.78 is 7.44. The lowest BCUT2D eigenvalue weighted by Gasteiger charge is -2.10. The van der Waals surface area contributed by atoms with Crippen LogP contribution >= 0.6 is 11.3 Å². The maximum absolute atomic E-state index is 6.20. The van der Waals surface area contributed by atoms with Gasteiger partial charge < -0.3 is 4.42 Å². The van der Waals surface area contributed by atoms with Crippen molar-refractivity contribution in [2.24, 2.45) is 0 Å². The molecule has 5 aromatic carbocycles. The number of thiophene rings is 1. The molecule has 0 aliphatic heterocycles. The van der Waals surface area contributed by atoms with Gasteiger partial charge in [0.1, 0.15) is 11.2 Å². The highest BCUT2D eigenvalue weighted by atomic mass is 32.1. The van der Waals surface area contributed by atoms with Crippen LogP contribution in [0.15, 0.2) is 138 Å². The highest BCUT2D eigenvalue weighted by Gasteiger charge is 2.15. The van der Waals surface area contributed by atoms with Crippen LogP contribution in [0.25, 0.3) is 76.4 Å². The molecule has 0 N–H and O–H groups in total. The van der Waals surface area contributed by atoms with Crippen molar-refractivity contribution in [3.63, 3.8) is 0 Å². The molecule has 0 spiro atoms. The number of nitrogens with zero attached hydrogens (tertiary/aromatic N) is 2. The van der Waals surface area contributed by atoms with Gasteiger partial charge in [-0.3, -0.25) is 0 Å². The molecule has 0 atom stereocenters. The summed E-state index contributed by atoms with van der Waals surface area (Å²) in [6.45, 7) is 0. The zero-order valence-corrected chi connectivity index (χ0v) is 22.2. The molecule has 0 unspecified atom stereocenters. The molecule has 3 heterocycles. The first-order valence-corrected chi connectivity index (χ1v) is 14.1. The van der Waals surface area contributed by atoms with Gasteiger partial charge in [-0.05, 0) is 59.0 Å². The van der Waals surface area contributed by atoms with Crippen molar-refractivity contribution in [2.45, 2.75) is 0 Å². The van der Waals surface area contributed by atoms with E-state index in [4.69, 9.17) is 14.4 Å². The minimum atomic E-state index is 0.678. The number of furan rings is 1. The molecule has 0 radical (unpaired) electrons. The highest BCUT2D eigenvalue weighted by molar-refractivity contribution is 7.22. The van der Waals surface area contributed by atoms with E-state index in [0.717, 1.165) is 54.9 Å². The molecule has 8 rings (SSSR count). The molecule has 188 valence electrons. The minimum Gasteiger partial charge on any atom is -0.456 e. The van der Waals surface area contributed by atoms with Crippen molar-refractivity contribution in [1.29, 1.82) is 0 Å². The van der Waals surface area contributed by atoms with Crippen molar-refractivity contribution < 1.29 is 4.42 Å². The summed E-state index contributed by atoms with van der Waals surface area (Å²) in [4.78, 5) is 11.3. The summed E-state index contributed by atoms with van der Waals surface area (Å²) in [5, 5.41) is 3.43. The average molecular weight is 531 g/mol. The first-order chi connectivity index (χ1) is 19.8. The second-order valence-electron chi connectivity index (χ2n) is 9.87. The predicted octanol–water partition coefficient (Wildman–Crippen LogP) is 10.3. The van der Waals surface area contributed by atoms with E-state index in [0.29, 0.717) is 5.82 Å². The number of aromatic nitrogens is 2. The van der Waals surface area contributed by atoms with Gasteiger partial charge >= 0.3 is 0 Å². The van der Waals surface area contributed by atoms with Crippen LogP contribution in [0, 0.1) is 0 Å². The van der Waals surface area contributed by atoms with Gasteiger partial charge in [-0.15, -0.1) is 11.3 Å². The van der Waals surface area contributed by atoms with E-state index in [1.54, 1.807) is 11.3 Å². The van der Waals surface area contributed by atoms with Gasteiger partial charge in [-0.25, -0.2) is 9.97 Å². The second-order valence-corrected chi connectivity index (χ2v) is 11.0. The third-order valence-corrected chi connectivity index (χ3v) is 8.45. The summed E-state index contributed by atoms with van der Waals surface area (Å²) >= 11 is 1.75. The second kappa shape index (κ2) is 9.30. The number of hydrogen-bond donors (Lipinski definition) is 0. The highest BCUT2D eigenvalue weighted by Crippen LogP contribution is 2.37. The molecule has 0 fully saturated rings. The van der Waals surface area contributed by atoms with Crippen LogP contribution in [-0.4, -0.2) is 9.97 Å². The Morgan fingerprint density at radius 1 is 0.475 bits per heavy atom. The van der Waals surface area contributed by atoms with Crippen LogP contribution in [-0.2, 0) is 0 Å². The molecule has 3 aromatic heterocycles. The maximum atomic E-state index is 6.20. The van der Waals surface area contributed by atoms with Crippen molar-refractivity contribution in [1.82, 2.24) is 9.97 Å².